The number of carbonyl (C=O) groups is 1. The highest BCUT2D eigenvalue weighted by Crippen LogP contribution is 2.36. The van der Waals surface area contributed by atoms with Gasteiger partial charge in [-0.05, 0) is 62.1 Å². The Morgan fingerprint density at radius 2 is 1.89 bits per heavy atom. The van der Waals surface area contributed by atoms with E-state index in [-0.39, 0.29) is 11.9 Å². The van der Waals surface area contributed by atoms with E-state index in [9.17, 15) is 4.79 Å². The molecule has 1 amide bonds. The van der Waals surface area contributed by atoms with Crippen molar-refractivity contribution in [2.24, 2.45) is 0 Å². The van der Waals surface area contributed by atoms with Crippen LogP contribution in [0.25, 0.3) is 0 Å². The number of hydrogen-bond donors (Lipinski definition) is 1. The third kappa shape index (κ3) is 3.48. The second kappa shape index (κ2) is 7.43. The molecule has 5 nitrogen and oxygen atoms in total. The van der Waals surface area contributed by atoms with Crippen molar-refractivity contribution in [2.45, 2.75) is 39.7 Å². The molecule has 3 aromatic rings. The first-order chi connectivity index (χ1) is 13.5. The van der Waals surface area contributed by atoms with Gasteiger partial charge in [0, 0.05) is 23.1 Å². The van der Waals surface area contributed by atoms with Crippen LogP contribution in [0.1, 0.15) is 41.2 Å². The zero-order chi connectivity index (χ0) is 19.7. The molecule has 0 bridgehead atoms. The molecule has 0 aliphatic carbocycles. The van der Waals surface area contributed by atoms with Gasteiger partial charge in [0.25, 0.3) is 5.91 Å². The average molecular weight is 372 g/mol. The Bertz CT molecular complexity index is 1010. The Morgan fingerprint density at radius 3 is 2.64 bits per heavy atom. The van der Waals surface area contributed by atoms with Crippen LogP contribution in [0.4, 0.5) is 17.3 Å². The standard InChI is InChI=1S/C23H24N4O/c1-4-17-9-11-19(12-10-17)25-22(28)20-13-15(2)24-23(26-20)27-16(3)14-18-7-5-6-8-21(18)27/h5-13,16H,4,14H2,1-3H3,(H,25,28). The summed E-state index contributed by atoms with van der Waals surface area (Å²) in [5.74, 6) is 0.347. The van der Waals surface area contributed by atoms with Gasteiger partial charge in [-0.1, -0.05) is 37.3 Å². The van der Waals surface area contributed by atoms with E-state index >= 15 is 0 Å². The molecular formula is C23H24N4O. The van der Waals surface area contributed by atoms with E-state index in [1.165, 1.54) is 11.1 Å². The molecule has 2 heterocycles. The first-order valence-corrected chi connectivity index (χ1v) is 9.68. The van der Waals surface area contributed by atoms with E-state index in [1.807, 2.05) is 37.3 Å². The second-order valence-corrected chi connectivity index (χ2v) is 7.25. The zero-order valence-corrected chi connectivity index (χ0v) is 16.4. The number of amides is 1. The van der Waals surface area contributed by atoms with Crippen molar-refractivity contribution >= 4 is 23.2 Å². The number of benzene rings is 2. The largest absolute Gasteiger partial charge is 0.321 e. The molecule has 0 saturated carbocycles. The topological polar surface area (TPSA) is 58.1 Å². The first-order valence-electron chi connectivity index (χ1n) is 9.68. The summed E-state index contributed by atoms with van der Waals surface area (Å²) in [6.07, 6.45) is 1.91. The summed E-state index contributed by atoms with van der Waals surface area (Å²) < 4.78 is 0. The summed E-state index contributed by atoms with van der Waals surface area (Å²) in [5, 5.41) is 2.94. The molecule has 1 aliphatic rings. The molecule has 2 aromatic carbocycles. The van der Waals surface area contributed by atoms with Crippen LogP contribution in [-0.4, -0.2) is 21.9 Å². The summed E-state index contributed by atoms with van der Waals surface area (Å²) in [7, 11) is 0. The van der Waals surface area contributed by atoms with Gasteiger partial charge in [0.1, 0.15) is 5.69 Å². The third-order valence-corrected chi connectivity index (χ3v) is 5.12. The summed E-state index contributed by atoms with van der Waals surface area (Å²) in [4.78, 5) is 24.1. The van der Waals surface area contributed by atoms with E-state index < -0.39 is 0 Å². The van der Waals surface area contributed by atoms with Gasteiger partial charge >= 0.3 is 0 Å². The number of aromatic nitrogens is 2. The predicted octanol–water partition coefficient (Wildman–Crippen LogP) is 4.68. The Morgan fingerprint density at radius 1 is 1.14 bits per heavy atom. The molecule has 4 rings (SSSR count). The van der Waals surface area contributed by atoms with Crippen molar-refractivity contribution in [3.63, 3.8) is 0 Å². The normalized spacial score (nSPS) is 15.4. The van der Waals surface area contributed by atoms with Gasteiger partial charge in [-0.15, -0.1) is 0 Å². The van der Waals surface area contributed by atoms with Crippen molar-refractivity contribution in [3.05, 3.63) is 77.1 Å². The lowest BCUT2D eigenvalue weighted by atomic mass is 10.1. The first kappa shape index (κ1) is 18.2. The Kier molecular flexibility index (Phi) is 4.82. The lowest BCUT2D eigenvalue weighted by Crippen LogP contribution is -2.27. The van der Waals surface area contributed by atoms with E-state index in [0.29, 0.717) is 11.6 Å². The third-order valence-electron chi connectivity index (χ3n) is 5.12. The molecule has 142 valence electrons. The van der Waals surface area contributed by atoms with Gasteiger partial charge in [0.2, 0.25) is 5.95 Å². The molecule has 1 aromatic heterocycles. The molecule has 5 heteroatoms. The van der Waals surface area contributed by atoms with Gasteiger partial charge < -0.3 is 10.2 Å². The lowest BCUT2D eigenvalue weighted by molar-refractivity contribution is 0.102. The van der Waals surface area contributed by atoms with Gasteiger partial charge in [0.05, 0.1) is 0 Å². The second-order valence-electron chi connectivity index (χ2n) is 7.25. The SMILES string of the molecule is CCc1ccc(NC(=O)c2cc(C)nc(N3c4ccccc4CC3C)n2)cc1. The molecule has 1 N–H and O–H groups in total. The van der Waals surface area contributed by atoms with Gasteiger partial charge in [-0.3, -0.25) is 4.79 Å². The summed E-state index contributed by atoms with van der Waals surface area (Å²) >= 11 is 0. The van der Waals surface area contributed by atoms with Crippen LogP contribution in [0.2, 0.25) is 0 Å². The smallest absolute Gasteiger partial charge is 0.274 e. The number of rotatable bonds is 4. The van der Waals surface area contributed by atoms with Crippen LogP contribution >= 0.6 is 0 Å². The fourth-order valence-corrected chi connectivity index (χ4v) is 3.67. The van der Waals surface area contributed by atoms with Gasteiger partial charge in [-0.25, -0.2) is 9.97 Å². The minimum absolute atomic E-state index is 0.226. The highest BCUT2D eigenvalue weighted by atomic mass is 16.1. The molecule has 1 atom stereocenters. The predicted molar refractivity (Wildman–Crippen MR) is 112 cm³/mol. The summed E-state index contributed by atoms with van der Waals surface area (Å²) in [5.41, 5.74) is 5.54. The number of carbonyl (C=O) groups excluding carboxylic acids is 1. The maximum Gasteiger partial charge on any atom is 0.274 e. The van der Waals surface area contributed by atoms with Gasteiger partial charge in [-0.2, -0.15) is 0 Å². The van der Waals surface area contributed by atoms with E-state index in [2.05, 4.69) is 52.2 Å². The maximum atomic E-state index is 12.8. The van der Waals surface area contributed by atoms with Crippen LogP contribution in [0, 0.1) is 6.92 Å². The Hall–Kier alpha value is -3.21. The zero-order valence-electron chi connectivity index (χ0n) is 16.4. The fraction of sp³-hybridized carbons (Fsp3) is 0.261. The molecule has 0 spiro atoms. The average Bonchev–Trinajstić information content (AvgIpc) is 3.03. The van der Waals surface area contributed by atoms with Crippen molar-refractivity contribution in [1.29, 1.82) is 0 Å². The minimum atomic E-state index is -0.226. The highest BCUT2D eigenvalue weighted by molar-refractivity contribution is 6.03. The van der Waals surface area contributed by atoms with Crippen molar-refractivity contribution in [2.75, 3.05) is 10.2 Å². The van der Waals surface area contributed by atoms with Crippen LogP contribution < -0.4 is 10.2 Å². The van der Waals surface area contributed by atoms with Crippen LogP contribution in [0.15, 0.2) is 54.6 Å². The lowest BCUT2D eigenvalue weighted by Gasteiger charge is -2.23. The monoisotopic (exact) mass is 372 g/mol. The van der Waals surface area contributed by atoms with Crippen LogP contribution in [0.5, 0.6) is 0 Å². The number of nitrogens with one attached hydrogen (secondary N) is 1. The number of fused-ring (bicyclic) bond motifs is 1. The molecule has 1 unspecified atom stereocenters. The number of nitrogens with zero attached hydrogens (tertiary/aromatic N) is 3. The minimum Gasteiger partial charge on any atom is -0.321 e. The summed E-state index contributed by atoms with van der Waals surface area (Å²) in [6, 6.07) is 18.2. The molecule has 0 fully saturated rings. The molecule has 0 radical (unpaired) electrons. The molecule has 0 saturated heterocycles. The van der Waals surface area contributed by atoms with Crippen molar-refractivity contribution < 1.29 is 4.79 Å². The van der Waals surface area contributed by atoms with E-state index in [0.717, 1.165) is 29.9 Å². The molecule has 1 aliphatic heterocycles. The number of anilines is 3. The molecular weight excluding hydrogens is 348 g/mol. The fourth-order valence-electron chi connectivity index (χ4n) is 3.67. The Labute approximate surface area is 165 Å². The quantitative estimate of drug-likeness (QED) is 0.722. The van der Waals surface area contributed by atoms with E-state index in [1.54, 1.807) is 6.07 Å². The van der Waals surface area contributed by atoms with Crippen LogP contribution in [-0.2, 0) is 12.8 Å². The number of aryl methyl sites for hydroxylation is 2. The van der Waals surface area contributed by atoms with Crippen LogP contribution in [0.3, 0.4) is 0 Å². The number of hydrogen-bond acceptors (Lipinski definition) is 4. The number of para-hydroxylation sites is 1. The molecule has 28 heavy (non-hydrogen) atoms. The van der Waals surface area contributed by atoms with Gasteiger partial charge in [0.15, 0.2) is 0 Å². The van der Waals surface area contributed by atoms with Crippen molar-refractivity contribution in [1.82, 2.24) is 9.97 Å². The summed E-state index contributed by atoms with van der Waals surface area (Å²) in [6.45, 7) is 6.15. The Balaban J connectivity index is 1.63. The maximum absolute atomic E-state index is 12.8. The van der Waals surface area contributed by atoms with Crippen molar-refractivity contribution in [3.8, 4) is 0 Å². The van der Waals surface area contributed by atoms with E-state index in [4.69, 9.17) is 0 Å². The highest BCUT2D eigenvalue weighted by Gasteiger charge is 2.29.